The van der Waals surface area contributed by atoms with E-state index in [1.54, 1.807) is 29.5 Å². The maximum Gasteiger partial charge on any atom is 0.357 e. The van der Waals surface area contributed by atoms with Gasteiger partial charge in [0.15, 0.2) is 0 Å². The van der Waals surface area contributed by atoms with Crippen molar-refractivity contribution < 1.29 is 9.53 Å². The van der Waals surface area contributed by atoms with Gasteiger partial charge in [-0.25, -0.2) is 9.78 Å². The normalized spacial score (nSPS) is 10.1. The van der Waals surface area contributed by atoms with Gasteiger partial charge in [0.05, 0.1) is 0 Å². The Morgan fingerprint density at radius 1 is 1.38 bits per heavy atom. The summed E-state index contributed by atoms with van der Waals surface area (Å²) in [4.78, 5) is 16.6. The second-order valence-electron chi connectivity index (χ2n) is 3.00. The van der Waals surface area contributed by atoms with Gasteiger partial charge in [-0.05, 0) is 39.5 Å². The lowest BCUT2D eigenvalue weighted by atomic mass is 10.3. The molecule has 0 saturated carbocycles. The van der Waals surface area contributed by atoms with Crippen LogP contribution in [0.5, 0.6) is 0 Å². The molecule has 0 amide bonds. The summed E-state index contributed by atoms with van der Waals surface area (Å²) in [5.74, 6) is -0.408. The Bertz CT molecular complexity index is 484. The van der Waals surface area contributed by atoms with E-state index >= 15 is 0 Å². The SMILES string of the molecule is O=C(OCc1cccs1)c1cccc(Br)n1. The number of esters is 1. The van der Waals surface area contributed by atoms with Gasteiger partial charge in [-0.3, -0.25) is 0 Å². The fourth-order valence-electron chi connectivity index (χ4n) is 1.13. The van der Waals surface area contributed by atoms with Crippen LogP contribution < -0.4 is 0 Å². The number of thiophene rings is 1. The van der Waals surface area contributed by atoms with Crippen LogP contribution in [0.15, 0.2) is 40.3 Å². The quantitative estimate of drug-likeness (QED) is 0.645. The number of carbonyl (C=O) groups excluding carboxylic acids is 1. The molecule has 16 heavy (non-hydrogen) atoms. The van der Waals surface area contributed by atoms with E-state index in [1.165, 1.54) is 0 Å². The molecule has 0 aliphatic heterocycles. The maximum absolute atomic E-state index is 11.6. The third kappa shape index (κ3) is 2.90. The molecule has 0 aromatic carbocycles. The van der Waals surface area contributed by atoms with Gasteiger partial charge < -0.3 is 4.74 Å². The molecular formula is C11H8BrNO2S. The van der Waals surface area contributed by atoms with Crippen LogP contribution in [0.25, 0.3) is 0 Å². The summed E-state index contributed by atoms with van der Waals surface area (Å²) in [5, 5.41) is 1.94. The molecule has 82 valence electrons. The van der Waals surface area contributed by atoms with Crippen LogP contribution in [0.4, 0.5) is 0 Å². The van der Waals surface area contributed by atoms with E-state index in [2.05, 4.69) is 20.9 Å². The number of aromatic nitrogens is 1. The zero-order valence-electron chi connectivity index (χ0n) is 8.22. The summed E-state index contributed by atoms with van der Waals surface area (Å²) in [7, 11) is 0. The largest absolute Gasteiger partial charge is 0.455 e. The molecule has 0 radical (unpaired) electrons. The molecule has 0 aliphatic rings. The second kappa shape index (κ2) is 5.23. The van der Waals surface area contributed by atoms with Crippen molar-refractivity contribution in [2.24, 2.45) is 0 Å². The lowest BCUT2D eigenvalue weighted by Crippen LogP contribution is -2.06. The number of halogens is 1. The van der Waals surface area contributed by atoms with Crippen molar-refractivity contribution >= 4 is 33.2 Å². The Morgan fingerprint density at radius 2 is 2.25 bits per heavy atom. The number of hydrogen-bond donors (Lipinski definition) is 0. The molecule has 0 unspecified atom stereocenters. The highest BCUT2D eigenvalue weighted by Gasteiger charge is 2.09. The molecule has 3 nitrogen and oxygen atoms in total. The molecule has 0 N–H and O–H groups in total. The van der Waals surface area contributed by atoms with Crippen molar-refractivity contribution in [1.29, 1.82) is 0 Å². The molecule has 0 spiro atoms. The van der Waals surface area contributed by atoms with Crippen LogP contribution >= 0.6 is 27.3 Å². The lowest BCUT2D eigenvalue weighted by molar-refractivity contribution is 0.0469. The average molecular weight is 298 g/mol. The van der Waals surface area contributed by atoms with Gasteiger partial charge in [0.1, 0.15) is 16.9 Å². The molecule has 0 aliphatic carbocycles. The molecule has 0 atom stereocenters. The summed E-state index contributed by atoms with van der Waals surface area (Å²) in [6.45, 7) is 0.296. The molecule has 0 bridgehead atoms. The standard InChI is InChI=1S/C11H8BrNO2S/c12-10-5-1-4-9(13-10)11(14)15-7-8-3-2-6-16-8/h1-6H,7H2. The topological polar surface area (TPSA) is 39.2 Å². The number of hydrogen-bond acceptors (Lipinski definition) is 4. The van der Waals surface area contributed by atoms with Crippen molar-refractivity contribution in [2.45, 2.75) is 6.61 Å². The first-order valence-electron chi connectivity index (χ1n) is 4.58. The first-order valence-corrected chi connectivity index (χ1v) is 6.25. The molecular weight excluding hydrogens is 290 g/mol. The fourth-order valence-corrected chi connectivity index (χ4v) is 2.09. The highest BCUT2D eigenvalue weighted by Crippen LogP contribution is 2.12. The van der Waals surface area contributed by atoms with Gasteiger partial charge in [0, 0.05) is 4.88 Å². The fraction of sp³-hybridized carbons (Fsp3) is 0.0909. The van der Waals surface area contributed by atoms with E-state index in [0.717, 1.165) is 4.88 Å². The predicted molar refractivity (Wildman–Crippen MR) is 65.4 cm³/mol. The lowest BCUT2D eigenvalue weighted by Gasteiger charge is -2.02. The van der Waals surface area contributed by atoms with Gasteiger partial charge >= 0.3 is 5.97 Å². The van der Waals surface area contributed by atoms with Crippen LogP contribution in [0, 0.1) is 0 Å². The van der Waals surface area contributed by atoms with Crippen LogP contribution in [0.3, 0.4) is 0 Å². The number of carbonyl (C=O) groups is 1. The predicted octanol–water partition coefficient (Wildman–Crippen LogP) is 3.26. The third-order valence-electron chi connectivity index (χ3n) is 1.85. The second-order valence-corrected chi connectivity index (χ2v) is 4.85. The third-order valence-corrected chi connectivity index (χ3v) is 3.14. The van der Waals surface area contributed by atoms with E-state index in [0.29, 0.717) is 16.9 Å². The van der Waals surface area contributed by atoms with Gasteiger partial charge in [-0.15, -0.1) is 11.3 Å². The zero-order valence-corrected chi connectivity index (χ0v) is 10.6. The smallest absolute Gasteiger partial charge is 0.357 e. The molecule has 2 rings (SSSR count). The number of ether oxygens (including phenoxy) is 1. The highest BCUT2D eigenvalue weighted by molar-refractivity contribution is 9.10. The highest BCUT2D eigenvalue weighted by atomic mass is 79.9. The van der Waals surface area contributed by atoms with Crippen molar-refractivity contribution in [3.8, 4) is 0 Å². The summed E-state index contributed by atoms with van der Waals surface area (Å²) in [6.07, 6.45) is 0. The molecule has 0 saturated heterocycles. The Kier molecular flexibility index (Phi) is 3.69. The Hall–Kier alpha value is -1.20. The molecule has 5 heteroatoms. The Morgan fingerprint density at radius 3 is 2.94 bits per heavy atom. The minimum absolute atomic E-state index is 0.296. The van der Waals surface area contributed by atoms with Gasteiger partial charge in [-0.1, -0.05) is 12.1 Å². The average Bonchev–Trinajstić information content (AvgIpc) is 2.78. The van der Waals surface area contributed by atoms with Crippen molar-refractivity contribution in [2.75, 3.05) is 0 Å². The zero-order chi connectivity index (χ0) is 11.4. The van der Waals surface area contributed by atoms with E-state index in [-0.39, 0.29) is 0 Å². The van der Waals surface area contributed by atoms with Crippen molar-refractivity contribution in [3.63, 3.8) is 0 Å². The van der Waals surface area contributed by atoms with Crippen LogP contribution in [-0.4, -0.2) is 11.0 Å². The minimum Gasteiger partial charge on any atom is -0.455 e. The van der Waals surface area contributed by atoms with Gasteiger partial charge in [0.25, 0.3) is 0 Å². The summed E-state index contributed by atoms with van der Waals surface area (Å²) in [6, 6.07) is 8.98. The Labute approximate surface area is 105 Å². The maximum atomic E-state index is 11.6. The molecule has 0 fully saturated rings. The van der Waals surface area contributed by atoms with E-state index < -0.39 is 5.97 Å². The van der Waals surface area contributed by atoms with E-state index in [4.69, 9.17) is 4.74 Å². The number of nitrogens with zero attached hydrogens (tertiary/aromatic N) is 1. The van der Waals surface area contributed by atoms with Crippen LogP contribution in [-0.2, 0) is 11.3 Å². The minimum atomic E-state index is -0.408. The van der Waals surface area contributed by atoms with E-state index in [9.17, 15) is 4.79 Å². The summed E-state index contributed by atoms with van der Waals surface area (Å²) < 4.78 is 5.74. The van der Waals surface area contributed by atoms with Crippen LogP contribution in [0.2, 0.25) is 0 Å². The van der Waals surface area contributed by atoms with Crippen LogP contribution in [0.1, 0.15) is 15.4 Å². The van der Waals surface area contributed by atoms with Crippen molar-refractivity contribution in [1.82, 2.24) is 4.98 Å². The van der Waals surface area contributed by atoms with E-state index in [1.807, 2.05) is 17.5 Å². The molecule has 2 aromatic rings. The monoisotopic (exact) mass is 297 g/mol. The van der Waals surface area contributed by atoms with Gasteiger partial charge in [0.2, 0.25) is 0 Å². The first kappa shape index (κ1) is 11.3. The summed E-state index contributed by atoms with van der Waals surface area (Å²) >= 11 is 4.76. The van der Waals surface area contributed by atoms with Gasteiger partial charge in [-0.2, -0.15) is 0 Å². The molecule has 2 aromatic heterocycles. The van der Waals surface area contributed by atoms with Crippen molar-refractivity contribution in [3.05, 3.63) is 50.9 Å². The first-order chi connectivity index (χ1) is 7.75. The number of rotatable bonds is 3. The Balaban J connectivity index is 1.98. The summed E-state index contributed by atoms with van der Waals surface area (Å²) in [5.41, 5.74) is 0.311. The number of pyridine rings is 1. The molecule has 2 heterocycles.